The molecule has 1 rings (SSSR count). The molecule has 0 aliphatic carbocycles. The Morgan fingerprint density at radius 3 is 2.50 bits per heavy atom. The summed E-state index contributed by atoms with van der Waals surface area (Å²) in [4.78, 5) is 0. The van der Waals surface area contributed by atoms with Gasteiger partial charge in [0.2, 0.25) is 10.0 Å². The van der Waals surface area contributed by atoms with Crippen molar-refractivity contribution < 1.29 is 8.42 Å². The number of sulfonamides is 1. The third kappa shape index (κ3) is 2.56. The SMILES string of the molecule is CC1=C(C)CN(S(=O)(=O)CCN)CC1. The minimum atomic E-state index is -3.12. The van der Waals surface area contributed by atoms with Gasteiger partial charge in [-0.15, -0.1) is 0 Å². The van der Waals surface area contributed by atoms with Crippen LogP contribution in [0.1, 0.15) is 20.3 Å². The number of nitrogens with zero attached hydrogens (tertiary/aromatic N) is 1. The van der Waals surface area contributed by atoms with E-state index >= 15 is 0 Å². The molecular formula is C9H18N2O2S. The first kappa shape index (κ1) is 11.7. The van der Waals surface area contributed by atoms with Gasteiger partial charge in [-0.05, 0) is 20.3 Å². The Labute approximate surface area is 85.8 Å². The van der Waals surface area contributed by atoms with Gasteiger partial charge in [0.15, 0.2) is 0 Å². The van der Waals surface area contributed by atoms with Gasteiger partial charge < -0.3 is 5.73 Å². The van der Waals surface area contributed by atoms with Crippen molar-refractivity contribution in [2.24, 2.45) is 5.73 Å². The number of nitrogens with two attached hydrogens (primary N) is 1. The van der Waals surface area contributed by atoms with Gasteiger partial charge in [-0.3, -0.25) is 0 Å². The minimum Gasteiger partial charge on any atom is -0.329 e. The Morgan fingerprint density at radius 2 is 2.00 bits per heavy atom. The van der Waals surface area contributed by atoms with Crippen LogP contribution >= 0.6 is 0 Å². The molecule has 0 aromatic heterocycles. The maximum atomic E-state index is 11.7. The molecule has 82 valence electrons. The van der Waals surface area contributed by atoms with Crippen molar-refractivity contribution >= 4 is 10.0 Å². The van der Waals surface area contributed by atoms with Crippen molar-refractivity contribution in [3.63, 3.8) is 0 Å². The molecule has 0 atom stereocenters. The Bertz CT molecular complexity index is 333. The number of rotatable bonds is 3. The van der Waals surface area contributed by atoms with E-state index in [0.717, 1.165) is 12.0 Å². The maximum absolute atomic E-state index is 11.7. The van der Waals surface area contributed by atoms with Crippen LogP contribution in [-0.4, -0.2) is 38.1 Å². The Balaban J connectivity index is 2.75. The lowest BCUT2D eigenvalue weighted by molar-refractivity contribution is 0.421. The summed E-state index contributed by atoms with van der Waals surface area (Å²) in [5.74, 6) is 0.0549. The molecule has 0 saturated carbocycles. The van der Waals surface area contributed by atoms with Crippen LogP contribution in [0.2, 0.25) is 0 Å². The summed E-state index contributed by atoms with van der Waals surface area (Å²) >= 11 is 0. The first-order valence-corrected chi connectivity index (χ1v) is 6.41. The summed E-state index contributed by atoms with van der Waals surface area (Å²) in [5.41, 5.74) is 7.74. The lowest BCUT2D eigenvalue weighted by Crippen LogP contribution is -2.39. The lowest BCUT2D eigenvalue weighted by atomic mass is 10.1. The quantitative estimate of drug-likeness (QED) is 0.694. The summed E-state index contributed by atoms with van der Waals surface area (Å²) in [6.07, 6.45) is 0.843. The number of hydrogen-bond acceptors (Lipinski definition) is 3. The Hall–Kier alpha value is -0.390. The van der Waals surface area contributed by atoms with E-state index in [-0.39, 0.29) is 12.3 Å². The average molecular weight is 218 g/mol. The van der Waals surface area contributed by atoms with Gasteiger partial charge in [0, 0.05) is 19.6 Å². The van der Waals surface area contributed by atoms with Crippen LogP contribution in [0.15, 0.2) is 11.1 Å². The van der Waals surface area contributed by atoms with Gasteiger partial charge >= 0.3 is 0 Å². The summed E-state index contributed by atoms with van der Waals surface area (Å²) in [6.45, 7) is 5.38. The van der Waals surface area contributed by atoms with E-state index in [4.69, 9.17) is 5.73 Å². The molecule has 0 amide bonds. The van der Waals surface area contributed by atoms with Crippen molar-refractivity contribution in [1.82, 2.24) is 4.31 Å². The van der Waals surface area contributed by atoms with Crippen LogP contribution in [0, 0.1) is 0 Å². The van der Waals surface area contributed by atoms with E-state index in [1.165, 1.54) is 9.88 Å². The van der Waals surface area contributed by atoms with E-state index in [9.17, 15) is 8.42 Å². The molecule has 1 heterocycles. The topological polar surface area (TPSA) is 63.4 Å². The van der Waals surface area contributed by atoms with E-state index in [1.807, 2.05) is 6.92 Å². The molecule has 0 saturated heterocycles. The molecule has 2 N–H and O–H groups in total. The molecule has 0 aromatic rings. The molecule has 1 aliphatic rings. The molecule has 0 bridgehead atoms. The fourth-order valence-electron chi connectivity index (χ4n) is 1.50. The third-order valence-electron chi connectivity index (χ3n) is 2.65. The highest BCUT2D eigenvalue weighted by Gasteiger charge is 2.24. The van der Waals surface area contributed by atoms with E-state index < -0.39 is 10.0 Å². The van der Waals surface area contributed by atoms with Crippen molar-refractivity contribution in [2.75, 3.05) is 25.4 Å². The Morgan fingerprint density at radius 1 is 1.36 bits per heavy atom. The van der Waals surface area contributed by atoms with Crippen LogP contribution < -0.4 is 5.73 Å². The van der Waals surface area contributed by atoms with Crippen molar-refractivity contribution in [3.8, 4) is 0 Å². The molecule has 0 aromatic carbocycles. The highest BCUT2D eigenvalue weighted by atomic mass is 32.2. The third-order valence-corrected chi connectivity index (χ3v) is 4.50. The second-order valence-corrected chi connectivity index (χ2v) is 5.84. The highest BCUT2D eigenvalue weighted by Crippen LogP contribution is 2.19. The van der Waals surface area contributed by atoms with Gasteiger partial charge in [-0.2, -0.15) is 4.31 Å². The second-order valence-electron chi connectivity index (χ2n) is 3.75. The van der Waals surface area contributed by atoms with Gasteiger partial charge in [0.05, 0.1) is 5.75 Å². The van der Waals surface area contributed by atoms with Crippen LogP contribution in [0.4, 0.5) is 0 Å². The van der Waals surface area contributed by atoms with Crippen molar-refractivity contribution in [1.29, 1.82) is 0 Å². The van der Waals surface area contributed by atoms with Gasteiger partial charge in [-0.1, -0.05) is 11.1 Å². The van der Waals surface area contributed by atoms with Gasteiger partial charge in [0.1, 0.15) is 0 Å². The zero-order chi connectivity index (χ0) is 10.8. The summed E-state index contributed by atoms with van der Waals surface area (Å²) in [5, 5.41) is 0. The molecule has 5 heteroatoms. The van der Waals surface area contributed by atoms with Gasteiger partial charge in [-0.25, -0.2) is 8.42 Å². The molecule has 1 aliphatic heterocycles. The molecule has 0 fully saturated rings. The van der Waals surface area contributed by atoms with Crippen LogP contribution in [-0.2, 0) is 10.0 Å². The summed E-state index contributed by atoms with van der Waals surface area (Å²) in [6, 6.07) is 0. The molecule has 0 unspecified atom stereocenters. The Kier molecular flexibility index (Phi) is 3.69. The van der Waals surface area contributed by atoms with Crippen LogP contribution in [0.25, 0.3) is 0 Å². The highest BCUT2D eigenvalue weighted by molar-refractivity contribution is 7.89. The smallest absolute Gasteiger partial charge is 0.215 e. The zero-order valence-electron chi connectivity index (χ0n) is 8.78. The van der Waals surface area contributed by atoms with E-state index in [2.05, 4.69) is 6.92 Å². The normalized spacial score (nSPS) is 20.2. The standard InChI is InChI=1S/C9H18N2O2S/c1-8-3-5-11(7-9(8)2)14(12,13)6-4-10/h3-7,10H2,1-2H3. The first-order chi connectivity index (χ1) is 6.47. The number of hydrogen-bond donors (Lipinski definition) is 1. The largest absolute Gasteiger partial charge is 0.329 e. The fraction of sp³-hybridized carbons (Fsp3) is 0.778. The van der Waals surface area contributed by atoms with E-state index in [1.54, 1.807) is 0 Å². The van der Waals surface area contributed by atoms with Crippen LogP contribution in [0.5, 0.6) is 0 Å². The minimum absolute atomic E-state index is 0.0549. The molecular weight excluding hydrogens is 200 g/mol. The monoisotopic (exact) mass is 218 g/mol. The molecule has 4 nitrogen and oxygen atoms in total. The molecule has 0 radical (unpaired) electrons. The van der Waals surface area contributed by atoms with Crippen LogP contribution in [0.3, 0.4) is 0 Å². The van der Waals surface area contributed by atoms with E-state index in [0.29, 0.717) is 13.1 Å². The van der Waals surface area contributed by atoms with Crippen molar-refractivity contribution in [3.05, 3.63) is 11.1 Å². The lowest BCUT2D eigenvalue weighted by Gasteiger charge is -2.27. The molecule has 0 spiro atoms. The second kappa shape index (κ2) is 4.42. The van der Waals surface area contributed by atoms with Gasteiger partial charge in [0.25, 0.3) is 0 Å². The molecule has 14 heavy (non-hydrogen) atoms. The predicted molar refractivity (Wildman–Crippen MR) is 57.4 cm³/mol. The average Bonchev–Trinajstić information content (AvgIpc) is 2.09. The summed E-state index contributed by atoms with van der Waals surface area (Å²) in [7, 11) is -3.12. The zero-order valence-corrected chi connectivity index (χ0v) is 9.60. The predicted octanol–water partition coefficient (Wildman–Crippen LogP) is 0.317. The summed E-state index contributed by atoms with van der Waals surface area (Å²) < 4.78 is 24.9. The first-order valence-electron chi connectivity index (χ1n) is 4.80. The maximum Gasteiger partial charge on any atom is 0.215 e. The fourth-order valence-corrected chi connectivity index (χ4v) is 2.82. The van der Waals surface area contributed by atoms with Crippen molar-refractivity contribution in [2.45, 2.75) is 20.3 Å².